The average Bonchev–Trinajstić information content (AvgIpc) is 2.56. The lowest BCUT2D eigenvalue weighted by Gasteiger charge is -2.22. The second-order valence-electron chi connectivity index (χ2n) is 4.35. The predicted octanol–water partition coefficient (Wildman–Crippen LogP) is 3.02. The number of hydrogen-bond acceptors (Lipinski definition) is 1. The minimum atomic E-state index is 0.524. The van der Waals surface area contributed by atoms with E-state index in [-0.39, 0.29) is 0 Å². The Balaban J connectivity index is 2.62. The molecular weight excluding hydrogens is 184 g/mol. The van der Waals surface area contributed by atoms with Crippen molar-refractivity contribution >= 4 is 16.6 Å². The summed E-state index contributed by atoms with van der Waals surface area (Å²) in [6.45, 7) is 4.42. The Hall–Kier alpha value is -1.44. The first-order valence-electron chi connectivity index (χ1n) is 5.38. The quantitative estimate of drug-likeness (QED) is 0.726. The van der Waals surface area contributed by atoms with Gasteiger partial charge in [0.25, 0.3) is 0 Å². The van der Waals surface area contributed by atoms with Crippen LogP contribution in [0.1, 0.15) is 13.8 Å². The van der Waals surface area contributed by atoms with Crippen LogP contribution in [0.2, 0.25) is 0 Å². The lowest BCUT2D eigenvalue weighted by atomic mass is 10.2. The number of aryl methyl sites for hydroxylation is 1. The Bertz CT molecular complexity index is 468. The Morgan fingerprint density at radius 3 is 2.53 bits per heavy atom. The number of hydrogen-bond donors (Lipinski definition) is 0. The van der Waals surface area contributed by atoms with Crippen LogP contribution in [0.4, 0.5) is 5.69 Å². The van der Waals surface area contributed by atoms with Gasteiger partial charge in [-0.25, -0.2) is 0 Å². The molecule has 0 radical (unpaired) electrons. The summed E-state index contributed by atoms with van der Waals surface area (Å²) in [5.41, 5.74) is 2.60. The van der Waals surface area contributed by atoms with Crippen LogP contribution >= 0.6 is 0 Å². The normalized spacial score (nSPS) is 11.3. The predicted molar refractivity (Wildman–Crippen MR) is 66.5 cm³/mol. The smallest absolute Gasteiger partial charge is 0.0625 e. The topological polar surface area (TPSA) is 8.17 Å². The maximum Gasteiger partial charge on any atom is 0.0625 e. The van der Waals surface area contributed by atoms with Gasteiger partial charge >= 0.3 is 0 Å². The van der Waals surface area contributed by atoms with Crippen LogP contribution in [0, 0.1) is 0 Å². The fourth-order valence-electron chi connectivity index (χ4n) is 1.88. The zero-order valence-corrected chi connectivity index (χ0v) is 9.86. The molecule has 2 nitrogen and oxygen atoms in total. The molecule has 2 rings (SSSR count). The van der Waals surface area contributed by atoms with Gasteiger partial charge in [0.15, 0.2) is 0 Å². The summed E-state index contributed by atoms with van der Waals surface area (Å²) in [7, 11) is 4.24. The maximum atomic E-state index is 2.31. The van der Waals surface area contributed by atoms with Crippen LogP contribution in [0.15, 0.2) is 30.5 Å². The highest BCUT2D eigenvalue weighted by atomic mass is 15.1. The molecule has 0 aliphatic rings. The van der Waals surface area contributed by atoms with Crippen LogP contribution < -0.4 is 4.90 Å². The van der Waals surface area contributed by atoms with Gasteiger partial charge in [0, 0.05) is 37.2 Å². The lowest BCUT2D eigenvalue weighted by Crippen LogP contribution is -2.25. The Labute approximate surface area is 91.1 Å². The van der Waals surface area contributed by atoms with Crippen molar-refractivity contribution in [2.24, 2.45) is 7.05 Å². The van der Waals surface area contributed by atoms with Crippen LogP contribution in [0.5, 0.6) is 0 Å². The molecule has 0 aliphatic heterocycles. The largest absolute Gasteiger partial charge is 0.370 e. The van der Waals surface area contributed by atoms with Gasteiger partial charge in [-0.1, -0.05) is 18.2 Å². The third kappa shape index (κ3) is 1.60. The molecule has 2 aromatic rings. The van der Waals surface area contributed by atoms with Gasteiger partial charge in [-0.15, -0.1) is 0 Å². The minimum Gasteiger partial charge on any atom is -0.370 e. The SMILES string of the molecule is CC(C)N(C)c1cn(C)c2ccccc12. The first kappa shape index (κ1) is 10.1. The number of fused-ring (bicyclic) bond motifs is 1. The summed E-state index contributed by atoms with van der Waals surface area (Å²) >= 11 is 0. The van der Waals surface area contributed by atoms with E-state index in [2.05, 4.69) is 67.9 Å². The highest BCUT2D eigenvalue weighted by Gasteiger charge is 2.11. The summed E-state index contributed by atoms with van der Waals surface area (Å²) in [5, 5.41) is 1.33. The van der Waals surface area contributed by atoms with E-state index in [0.29, 0.717) is 6.04 Å². The fourth-order valence-corrected chi connectivity index (χ4v) is 1.88. The second kappa shape index (κ2) is 3.61. The molecular formula is C13H18N2. The maximum absolute atomic E-state index is 2.31. The molecule has 0 N–H and O–H groups in total. The van der Waals surface area contributed by atoms with E-state index in [1.807, 2.05) is 0 Å². The van der Waals surface area contributed by atoms with Crippen LogP contribution in [-0.4, -0.2) is 17.7 Å². The third-order valence-electron chi connectivity index (χ3n) is 3.03. The van der Waals surface area contributed by atoms with Gasteiger partial charge in [0.1, 0.15) is 0 Å². The lowest BCUT2D eigenvalue weighted by molar-refractivity contribution is 0.755. The number of para-hydroxylation sites is 1. The summed E-state index contributed by atoms with van der Waals surface area (Å²) < 4.78 is 2.18. The molecule has 15 heavy (non-hydrogen) atoms. The summed E-state index contributed by atoms with van der Waals surface area (Å²) in [5.74, 6) is 0. The van der Waals surface area contributed by atoms with Crippen molar-refractivity contribution in [1.82, 2.24) is 4.57 Å². The first-order chi connectivity index (χ1) is 7.11. The monoisotopic (exact) mass is 202 g/mol. The van der Waals surface area contributed by atoms with E-state index in [0.717, 1.165) is 0 Å². The zero-order chi connectivity index (χ0) is 11.0. The molecule has 0 saturated carbocycles. The number of anilines is 1. The molecule has 0 bridgehead atoms. The Morgan fingerprint density at radius 2 is 1.87 bits per heavy atom. The van der Waals surface area contributed by atoms with Crippen molar-refractivity contribution in [3.63, 3.8) is 0 Å². The molecule has 1 aromatic carbocycles. The molecule has 2 heteroatoms. The van der Waals surface area contributed by atoms with E-state index in [9.17, 15) is 0 Å². The van der Waals surface area contributed by atoms with Crippen molar-refractivity contribution in [3.8, 4) is 0 Å². The molecule has 80 valence electrons. The highest BCUT2D eigenvalue weighted by molar-refractivity contribution is 5.93. The Morgan fingerprint density at radius 1 is 1.20 bits per heavy atom. The number of rotatable bonds is 2. The highest BCUT2D eigenvalue weighted by Crippen LogP contribution is 2.28. The van der Waals surface area contributed by atoms with Crippen molar-refractivity contribution in [3.05, 3.63) is 30.5 Å². The molecule has 0 spiro atoms. The van der Waals surface area contributed by atoms with Gasteiger partial charge in [-0.05, 0) is 19.9 Å². The summed E-state index contributed by atoms with van der Waals surface area (Å²) in [6, 6.07) is 9.05. The van der Waals surface area contributed by atoms with Crippen molar-refractivity contribution < 1.29 is 0 Å². The van der Waals surface area contributed by atoms with Gasteiger partial charge in [0.2, 0.25) is 0 Å². The number of nitrogens with zero attached hydrogens (tertiary/aromatic N) is 2. The molecule has 0 amide bonds. The standard InChI is InChI=1S/C13H18N2/c1-10(2)15(4)13-9-14(3)12-8-6-5-7-11(12)13/h5-10H,1-4H3. The van der Waals surface area contributed by atoms with Gasteiger partial charge in [-0.2, -0.15) is 0 Å². The number of aromatic nitrogens is 1. The van der Waals surface area contributed by atoms with Crippen molar-refractivity contribution in [2.75, 3.05) is 11.9 Å². The fraction of sp³-hybridized carbons (Fsp3) is 0.385. The van der Waals surface area contributed by atoms with Crippen molar-refractivity contribution in [1.29, 1.82) is 0 Å². The first-order valence-corrected chi connectivity index (χ1v) is 5.38. The Kier molecular flexibility index (Phi) is 2.43. The van der Waals surface area contributed by atoms with Gasteiger partial charge in [0.05, 0.1) is 5.69 Å². The van der Waals surface area contributed by atoms with E-state index < -0.39 is 0 Å². The molecule has 1 aromatic heterocycles. The van der Waals surface area contributed by atoms with E-state index in [1.54, 1.807) is 0 Å². The second-order valence-corrected chi connectivity index (χ2v) is 4.35. The van der Waals surface area contributed by atoms with Crippen LogP contribution in [0.25, 0.3) is 10.9 Å². The third-order valence-corrected chi connectivity index (χ3v) is 3.03. The van der Waals surface area contributed by atoms with E-state index >= 15 is 0 Å². The summed E-state index contributed by atoms with van der Waals surface area (Å²) in [6.07, 6.45) is 2.20. The molecule has 0 atom stereocenters. The van der Waals surface area contributed by atoms with Crippen LogP contribution in [0.3, 0.4) is 0 Å². The van der Waals surface area contributed by atoms with Crippen LogP contribution in [-0.2, 0) is 7.05 Å². The number of benzene rings is 1. The zero-order valence-electron chi connectivity index (χ0n) is 9.86. The average molecular weight is 202 g/mol. The van der Waals surface area contributed by atoms with Gasteiger partial charge in [-0.3, -0.25) is 0 Å². The molecule has 0 unspecified atom stereocenters. The molecule has 1 heterocycles. The van der Waals surface area contributed by atoms with E-state index in [4.69, 9.17) is 0 Å². The minimum absolute atomic E-state index is 0.524. The van der Waals surface area contributed by atoms with Crippen molar-refractivity contribution in [2.45, 2.75) is 19.9 Å². The molecule has 0 aliphatic carbocycles. The van der Waals surface area contributed by atoms with E-state index in [1.165, 1.54) is 16.6 Å². The molecule has 0 saturated heterocycles. The summed E-state index contributed by atoms with van der Waals surface area (Å²) in [4.78, 5) is 2.31. The van der Waals surface area contributed by atoms with Gasteiger partial charge < -0.3 is 9.47 Å². The molecule has 0 fully saturated rings.